The SMILES string of the molecule is O=C1C=C(CCCCl)CC1. The molecular formula is C8H11ClO. The maximum absolute atomic E-state index is 10.7. The van der Waals surface area contributed by atoms with E-state index in [0.717, 1.165) is 25.7 Å². The first kappa shape index (κ1) is 7.80. The van der Waals surface area contributed by atoms with Gasteiger partial charge in [-0.15, -0.1) is 11.6 Å². The van der Waals surface area contributed by atoms with Crippen molar-refractivity contribution in [3.05, 3.63) is 11.6 Å². The van der Waals surface area contributed by atoms with E-state index < -0.39 is 0 Å². The van der Waals surface area contributed by atoms with Gasteiger partial charge in [0.15, 0.2) is 5.78 Å². The van der Waals surface area contributed by atoms with Crippen LogP contribution < -0.4 is 0 Å². The zero-order valence-electron chi connectivity index (χ0n) is 5.90. The summed E-state index contributed by atoms with van der Waals surface area (Å²) < 4.78 is 0. The minimum atomic E-state index is 0.282. The second-order valence-corrected chi connectivity index (χ2v) is 2.94. The summed E-state index contributed by atoms with van der Waals surface area (Å²) >= 11 is 5.50. The van der Waals surface area contributed by atoms with Gasteiger partial charge >= 0.3 is 0 Å². The number of carbonyl (C=O) groups excluding carboxylic acids is 1. The van der Waals surface area contributed by atoms with Crippen LogP contribution >= 0.6 is 11.6 Å². The van der Waals surface area contributed by atoms with Gasteiger partial charge in [-0.05, 0) is 25.3 Å². The molecule has 0 fully saturated rings. The molecule has 1 rings (SSSR count). The summed E-state index contributed by atoms with van der Waals surface area (Å²) in [6.45, 7) is 0. The molecule has 0 amide bonds. The van der Waals surface area contributed by atoms with Crippen molar-refractivity contribution < 1.29 is 4.79 Å². The predicted molar refractivity (Wildman–Crippen MR) is 42.3 cm³/mol. The van der Waals surface area contributed by atoms with Gasteiger partial charge in [-0.25, -0.2) is 0 Å². The minimum absolute atomic E-state index is 0.282. The summed E-state index contributed by atoms with van der Waals surface area (Å²) in [5.74, 6) is 0.982. The Hall–Kier alpha value is -0.300. The van der Waals surface area contributed by atoms with Crippen LogP contribution in [0, 0.1) is 0 Å². The molecule has 0 bridgehead atoms. The Labute approximate surface area is 66.1 Å². The maximum atomic E-state index is 10.7. The van der Waals surface area contributed by atoms with Gasteiger partial charge in [0.05, 0.1) is 0 Å². The van der Waals surface area contributed by atoms with Gasteiger partial charge in [0, 0.05) is 12.3 Å². The number of carbonyl (C=O) groups is 1. The largest absolute Gasteiger partial charge is 0.295 e. The molecule has 0 saturated carbocycles. The molecule has 0 spiro atoms. The third-order valence-corrected chi connectivity index (χ3v) is 1.96. The Morgan fingerprint density at radius 3 is 2.80 bits per heavy atom. The lowest BCUT2D eigenvalue weighted by molar-refractivity contribution is -0.114. The highest BCUT2D eigenvalue weighted by molar-refractivity contribution is 6.17. The molecule has 0 aliphatic heterocycles. The third kappa shape index (κ3) is 2.14. The second-order valence-electron chi connectivity index (χ2n) is 2.56. The highest BCUT2D eigenvalue weighted by Crippen LogP contribution is 2.19. The van der Waals surface area contributed by atoms with E-state index in [2.05, 4.69) is 0 Å². The standard InChI is InChI=1S/C8H11ClO/c9-5-1-2-7-3-4-8(10)6-7/h6H,1-5H2. The van der Waals surface area contributed by atoms with Crippen LogP contribution in [0.5, 0.6) is 0 Å². The monoisotopic (exact) mass is 158 g/mol. The van der Waals surface area contributed by atoms with Crippen molar-refractivity contribution in [2.75, 3.05) is 5.88 Å². The molecule has 56 valence electrons. The topological polar surface area (TPSA) is 17.1 Å². The molecular weight excluding hydrogens is 148 g/mol. The molecule has 1 nitrogen and oxygen atoms in total. The van der Waals surface area contributed by atoms with E-state index in [-0.39, 0.29) is 5.78 Å². The maximum Gasteiger partial charge on any atom is 0.155 e. The van der Waals surface area contributed by atoms with Gasteiger partial charge in [-0.1, -0.05) is 5.57 Å². The van der Waals surface area contributed by atoms with E-state index in [1.54, 1.807) is 6.08 Å². The number of alkyl halides is 1. The van der Waals surface area contributed by atoms with Crippen LogP contribution in [0.15, 0.2) is 11.6 Å². The van der Waals surface area contributed by atoms with E-state index in [1.807, 2.05) is 0 Å². The number of rotatable bonds is 3. The van der Waals surface area contributed by atoms with E-state index >= 15 is 0 Å². The molecule has 0 aromatic carbocycles. The molecule has 0 N–H and O–H groups in total. The summed E-state index contributed by atoms with van der Waals surface area (Å²) in [5.41, 5.74) is 1.28. The highest BCUT2D eigenvalue weighted by atomic mass is 35.5. The van der Waals surface area contributed by atoms with Gasteiger partial charge < -0.3 is 0 Å². The van der Waals surface area contributed by atoms with Crippen LogP contribution in [0.4, 0.5) is 0 Å². The van der Waals surface area contributed by atoms with E-state index in [1.165, 1.54) is 5.57 Å². The Morgan fingerprint density at radius 2 is 2.30 bits per heavy atom. The highest BCUT2D eigenvalue weighted by Gasteiger charge is 2.10. The van der Waals surface area contributed by atoms with Crippen molar-refractivity contribution >= 4 is 17.4 Å². The van der Waals surface area contributed by atoms with Crippen molar-refractivity contribution in [3.8, 4) is 0 Å². The van der Waals surface area contributed by atoms with Crippen molar-refractivity contribution in [3.63, 3.8) is 0 Å². The molecule has 0 aromatic rings. The van der Waals surface area contributed by atoms with Gasteiger partial charge in [-0.3, -0.25) is 4.79 Å². The predicted octanol–water partition coefficient (Wildman–Crippen LogP) is 2.29. The first-order valence-corrected chi connectivity index (χ1v) is 4.14. The Kier molecular flexibility index (Phi) is 2.94. The van der Waals surface area contributed by atoms with Crippen LogP contribution in [0.3, 0.4) is 0 Å². The fraction of sp³-hybridized carbons (Fsp3) is 0.625. The zero-order chi connectivity index (χ0) is 7.40. The molecule has 1 aliphatic rings. The van der Waals surface area contributed by atoms with Gasteiger partial charge in [0.2, 0.25) is 0 Å². The lowest BCUT2D eigenvalue weighted by Gasteiger charge is -1.95. The van der Waals surface area contributed by atoms with Gasteiger partial charge in [-0.2, -0.15) is 0 Å². The van der Waals surface area contributed by atoms with E-state index in [4.69, 9.17) is 11.6 Å². The number of halogens is 1. The summed E-state index contributed by atoms with van der Waals surface area (Å²) in [6.07, 6.45) is 5.47. The number of ketones is 1. The minimum Gasteiger partial charge on any atom is -0.295 e. The van der Waals surface area contributed by atoms with Crippen molar-refractivity contribution in [2.45, 2.75) is 25.7 Å². The van der Waals surface area contributed by atoms with Crippen molar-refractivity contribution in [2.24, 2.45) is 0 Å². The average Bonchev–Trinajstić information content (AvgIpc) is 2.31. The Balaban J connectivity index is 2.28. The molecule has 10 heavy (non-hydrogen) atoms. The number of hydrogen-bond acceptors (Lipinski definition) is 1. The van der Waals surface area contributed by atoms with E-state index in [9.17, 15) is 4.79 Å². The van der Waals surface area contributed by atoms with Gasteiger partial charge in [0.25, 0.3) is 0 Å². The van der Waals surface area contributed by atoms with Crippen LogP contribution in [-0.4, -0.2) is 11.7 Å². The molecule has 0 aromatic heterocycles. The molecule has 0 heterocycles. The first-order chi connectivity index (χ1) is 4.83. The van der Waals surface area contributed by atoms with Crippen LogP contribution in [0.25, 0.3) is 0 Å². The Morgan fingerprint density at radius 1 is 1.50 bits per heavy atom. The summed E-state index contributed by atoms with van der Waals surface area (Å²) in [4.78, 5) is 10.7. The first-order valence-electron chi connectivity index (χ1n) is 3.61. The molecule has 0 radical (unpaired) electrons. The van der Waals surface area contributed by atoms with Crippen LogP contribution in [0.2, 0.25) is 0 Å². The van der Waals surface area contributed by atoms with E-state index in [0.29, 0.717) is 5.88 Å². The quantitative estimate of drug-likeness (QED) is 0.576. The molecule has 1 aliphatic carbocycles. The van der Waals surface area contributed by atoms with Crippen LogP contribution in [0.1, 0.15) is 25.7 Å². The molecule has 0 unspecified atom stereocenters. The summed E-state index contributed by atoms with van der Waals surface area (Å²) in [6, 6.07) is 0. The molecule has 0 saturated heterocycles. The average molecular weight is 159 g/mol. The molecule has 0 atom stereocenters. The van der Waals surface area contributed by atoms with Crippen LogP contribution in [-0.2, 0) is 4.79 Å². The number of allylic oxidation sites excluding steroid dienone is 2. The molecule has 2 heteroatoms. The summed E-state index contributed by atoms with van der Waals surface area (Å²) in [7, 11) is 0. The zero-order valence-corrected chi connectivity index (χ0v) is 6.66. The number of hydrogen-bond donors (Lipinski definition) is 0. The Bertz CT molecular complexity index is 161. The lowest BCUT2D eigenvalue weighted by Crippen LogP contribution is -1.80. The normalized spacial score (nSPS) is 17.7. The fourth-order valence-corrected chi connectivity index (χ4v) is 1.28. The van der Waals surface area contributed by atoms with Crippen molar-refractivity contribution in [1.29, 1.82) is 0 Å². The van der Waals surface area contributed by atoms with Gasteiger partial charge in [0.1, 0.15) is 0 Å². The lowest BCUT2D eigenvalue weighted by atomic mass is 10.1. The fourth-order valence-electron chi connectivity index (χ4n) is 1.15. The summed E-state index contributed by atoms with van der Waals surface area (Å²) in [5, 5.41) is 0. The van der Waals surface area contributed by atoms with Crippen molar-refractivity contribution in [1.82, 2.24) is 0 Å². The second kappa shape index (κ2) is 3.77. The third-order valence-electron chi connectivity index (χ3n) is 1.69. The smallest absolute Gasteiger partial charge is 0.155 e.